The van der Waals surface area contributed by atoms with Gasteiger partial charge in [0.15, 0.2) is 0 Å². The second-order valence-electron chi connectivity index (χ2n) is 3.50. The van der Waals surface area contributed by atoms with Gasteiger partial charge in [-0.25, -0.2) is 4.79 Å². The van der Waals surface area contributed by atoms with Crippen LogP contribution < -0.4 is 0 Å². The summed E-state index contributed by atoms with van der Waals surface area (Å²) in [5.74, 6) is -1.63. The van der Waals surface area contributed by atoms with Gasteiger partial charge in [-0.1, -0.05) is 0 Å². The molecule has 0 saturated heterocycles. The first-order valence-corrected chi connectivity index (χ1v) is 5.35. The molecule has 1 aromatic carbocycles. The molecule has 98 valence electrons. The van der Waals surface area contributed by atoms with E-state index in [2.05, 4.69) is 0 Å². The van der Waals surface area contributed by atoms with Crippen LogP contribution in [0, 0.1) is 10.1 Å². The number of aromatic carboxylic acids is 1. The Morgan fingerprint density at radius 1 is 1.44 bits per heavy atom. The van der Waals surface area contributed by atoms with Gasteiger partial charge in [-0.2, -0.15) is 0 Å². The number of nitro benzene ring substituents is 1. The van der Waals surface area contributed by atoms with E-state index in [1.54, 1.807) is 0 Å². The van der Waals surface area contributed by atoms with Crippen LogP contribution >= 0.6 is 11.6 Å². The van der Waals surface area contributed by atoms with Crippen molar-refractivity contribution in [3.63, 3.8) is 0 Å². The van der Waals surface area contributed by atoms with Crippen molar-refractivity contribution in [3.8, 4) is 0 Å². The van der Waals surface area contributed by atoms with E-state index < -0.39 is 28.8 Å². The second kappa shape index (κ2) is 5.76. The lowest BCUT2D eigenvalue weighted by Gasteiger charge is -2.15. The maximum Gasteiger partial charge on any atom is 0.335 e. The molecule has 1 aromatic rings. The summed E-state index contributed by atoms with van der Waals surface area (Å²) in [6.45, 7) is 0. The standard InChI is InChI=1S/C10H10ClNO6/c11-4-8(13)9(14)6-2-1-5(10(15)16)3-7(6)12(17)18/h1-3,8-9,13-14H,4H2,(H,15,16). The van der Waals surface area contributed by atoms with Gasteiger partial charge < -0.3 is 15.3 Å². The van der Waals surface area contributed by atoms with Crippen LogP contribution in [0.4, 0.5) is 5.69 Å². The van der Waals surface area contributed by atoms with Gasteiger partial charge in [0.2, 0.25) is 0 Å². The molecule has 0 aliphatic heterocycles. The van der Waals surface area contributed by atoms with Crippen LogP contribution in [0.3, 0.4) is 0 Å². The van der Waals surface area contributed by atoms with E-state index in [0.717, 1.165) is 18.2 Å². The fourth-order valence-electron chi connectivity index (χ4n) is 1.38. The first-order valence-electron chi connectivity index (χ1n) is 4.82. The van der Waals surface area contributed by atoms with Crippen LogP contribution in [0.2, 0.25) is 0 Å². The van der Waals surface area contributed by atoms with Crippen molar-refractivity contribution < 1.29 is 25.0 Å². The summed E-state index contributed by atoms with van der Waals surface area (Å²) < 4.78 is 0. The Morgan fingerprint density at radius 2 is 2.06 bits per heavy atom. The number of hydrogen-bond donors (Lipinski definition) is 3. The molecule has 0 aliphatic carbocycles. The van der Waals surface area contributed by atoms with Crippen LogP contribution in [-0.2, 0) is 0 Å². The third-order valence-corrected chi connectivity index (χ3v) is 2.63. The van der Waals surface area contributed by atoms with Crippen molar-refractivity contribution in [2.24, 2.45) is 0 Å². The number of carboxylic acids is 1. The number of benzene rings is 1. The molecule has 0 heterocycles. The Balaban J connectivity index is 3.27. The molecule has 0 spiro atoms. The fourth-order valence-corrected chi connectivity index (χ4v) is 1.55. The van der Waals surface area contributed by atoms with E-state index in [9.17, 15) is 25.1 Å². The van der Waals surface area contributed by atoms with Crippen molar-refractivity contribution in [1.29, 1.82) is 0 Å². The predicted molar refractivity (Wildman–Crippen MR) is 61.7 cm³/mol. The lowest BCUT2D eigenvalue weighted by molar-refractivity contribution is -0.386. The molecule has 3 N–H and O–H groups in total. The van der Waals surface area contributed by atoms with Crippen molar-refractivity contribution in [1.82, 2.24) is 0 Å². The number of aliphatic hydroxyl groups excluding tert-OH is 2. The zero-order valence-electron chi connectivity index (χ0n) is 8.99. The van der Waals surface area contributed by atoms with Gasteiger partial charge in [0.25, 0.3) is 5.69 Å². The number of alkyl halides is 1. The Kier molecular flexibility index (Phi) is 4.60. The molecular weight excluding hydrogens is 266 g/mol. The van der Waals surface area contributed by atoms with Gasteiger partial charge in [0.1, 0.15) is 6.10 Å². The number of hydrogen-bond acceptors (Lipinski definition) is 5. The Morgan fingerprint density at radius 3 is 2.50 bits per heavy atom. The SMILES string of the molecule is O=C(O)c1ccc(C(O)C(O)CCl)c([N+](=O)[O-])c1. The zero-order chi connectivity index (χ0) is 13.9. The smallest absolute Gasteiger partial charge is 0.335 e. The molecule has 1 rings (SSSR count). The molecule has 0 saturated carbocycles. The highest BCUT2D eigenvalue weighted by atomic mass is 35.5. The van der Waals surface area contributed by atoms with Gasteiger partial charge in [0, 0.05) is 6.07 Å². The van der Waals surface area contributed by atoms with Gasteiger partial charge >= 0.3 is 5.97 Å². The highest BCUT2D eigenvalue weighted by Crippen LogP contribution is 2.28. The average Bonchev–Trinajstić information content (AvgIpc) is 2.35. The van der Waals surface area contributed by atoms with Gasteiger partial charge in [0.05, 0.1) is 28.0 Å². The maximum atomic E-state index is 10.8. The van der Waals surface area contributed by atoms with Crippen LogP contribution in [0.25, 0.3) is 0 Å². The minimum Gasteiger partial charge on any atom is -0.478 e. The number of carboxylic acid groups (broad SMARTS) is 1. The number of carbonyl (C=O) groups is 1. The summed E-state index contributed by atoms with van der Waals surface area (Å²) in [5, 5.41) is 38.5. The summed E-state index contributed by atoms with van der Waals surface area (Å²) in [6, 6.07) is 3.01. The molecule has 2 unspecified atom stereocenters. The molecular formula is C10H10ClNO6. The Bertz CT molecular complexity index is 477. The number of rotatable bonds is 5. The third kappa shape index (κ3) is 2.95. The molecule has 18 heavy (non-hydrogen) atoms. The van der Waals surface area contributed by atoms with Crippen LogP contribution in [0.5, 0.6) is 0 Å². The van der Waals surface area contributed by atoms with Crippen molar-refractivity contribution in [3.05, 3.63) is 39.4 Å². The van der Waals surface area contributed by atoms with E-state index in [0.29, 0.717) is 0 Å². The van der Waals surface area contributed by atoms with Gasteiger partial charge in [-0.3, -0.25) is 10.1 Å². The molecule has 0 fully saturated rings. The summed E-state index contributed by atoms with van der Waals surface area (Å²) in [4.78, 5) is 20.7. The zero-order valence-corrected chi connectivity index (χ0v) is 9.74. The van der Waals surface area contributed by atoms with E-state index in [1.165, 1.54) is 0 Å². The molecule has 0 radical (unpaired) electrons. The lowest BCUT2D eigenvalue weighted by atomic mass is 10.0. The molecule has 0 amide bonds. The minimum atomic E-state index is -1.55. The highest BCUT2D eigenvalue weighted by Gasteiger charge is 2.26. The van der Waals surface area contributed by atoms with E-state index in [4.69, 9.17) is 16.7 Å². The molecule has 8 heteroatoms. The van der Waals surface area contributed by atoms with E-state index in [1.807, 2.05) is 0 Å². The monoisotopic (exact) mass is 275 g/mol. The molecule has 7 nitrogen and oxygen atoms in total. The lowest BCUT2D eigenvalue weighted by Crippen LogP contribution is -2.20. The molecule has 2 atom stereocenters. The van der Waals surface area contributed by atoms with Gasteiger partial charge in [-0.05, 0) is 12.1 Å². The second-order valence-corrected chi connectivity index (χ2v) is 3.81. The minimum absolute atomic E-state index is 0.182. The predicted octanol–water partition coefficient (Wildman–Crippen LogP) is 0.926. The van der Waals surface area contributed by atoms with Crippen LogP contribution in [0.1, 0.15) is 22.0 Å². The highest BCUT2D eigenvalue weighted by molar-refractivity contribution is 6.18. The topological polar surface area (TPSA) is 121 Å². The summed E-state index contributed by atoms with van der Waals surface area (Å²) in [6.07, 6.45) is -2.92. The number of nitrogens with zero attached hydrogens (tertiary/aromatic N) is 1. The summed E-state index contributed by atoms with van der Waals surface area (Å²) in [7, 11) is 0. The quantitative estimate of drug-likeness (QED) is 0.417. The van der Waals surface area contributed by atoms with Crippen molar-refractivity contribution in [2.45, 2.75) is 12.2 Å². The van der Waals surface area contributed by atoms with Crippen LogP contribution in [-0.4, -0.2) is 38.2 Å². The Hall–Kier alpha value is -1.70. The average molecular weight is 276 g/mol. The molecule has 0 bridgehead atoms. The Labute approximate surface area is 106 Å². The summed E-state index contributed by atoms with van der Waals surface area (Å²) in [5.41, 5.74) is -1.04. The third-order valence-electron chi connectivity index (χ3n) is 2.32. The first-order chi connectivity index (χ1) is 8.38. The number of nitro groups is 1. The van der Waals surface area contributed by atoms with Gasteiger partial charge in [-0.15, -0.1) is 11.6 Å². The van der Waals surface area contributed by atoms with E-state index in [-0.39, 0.29) is 17.0 Å². The van der Waals surface area contributed by atoms with Crippen LogP contribution in [0.15, 0.2) is 18.2 Å². The van der Waals surface area contributed by atoms with E-state index >= 15 is 0 Å². The summed E-state index contributed by atoms with van der Waals surface area (Å²) >= 11 is 5.34. The van der Waals surface area contributed by atoms with Crippen molar-refractivity contribution >= 4 is 23.3 Å². The number of halogens is 1. The fraction of sp³-hybridized carbons (Fsp3) is 0.300. The number of aliphatic hydroxyl groups is 2. The molecule has 0 aliphatic rings. The van der Waals surface area contributed by atoms with Crippen molar-refractivity contribution in [2.75, 3.05) is 5.88 Å². The largest absolute Gasteiger partial charge is 0.478 e. The normalized spacial score (nSPS) is 13.9. The maximum absolute atomic E-state index is 10.8. The first kappa shape index (κ1) is 14.4. The molecule has 0 aromatic heterocycles.